The smallest absolute Gasteiger partial charge is 0.320 e. The molecule has 0 spiro atoms. The van der Waals surface area contributed by atoms with E-state index in [9.17, 15) is 4.79 Å². The van der Waals surface area contributed by atoms with E-state index in [1.165, 1.54) is 0 Å². The number of carbonyl (C=O) groups is 1. The van der Waals surface area contributed by atoms with E-state index in [2.05, 4.69) is 0 Å². The average molecular weight is 129 g/mol. The molecule has 0 aromatic heterocycles. The number of carboxylic acid groups (broad SMARTS) is 1. The van der Waals surface area contributed by atoms with Crippen molar-refractivity contribution in [3.8, 4) is 0 Å². The van der Waals surface area contributed by atoms with Crippen LogP contribution in [0.2, 0.25) is 0 Å². The molecule has 1 atom stereocenters. The standard InChI is InChI=1S/C6H11NO2/c1-2-3-4-5(7)6(8)9/h2-3,5H,4,7H2,1H3,(H,8,9)/b3-2+. The summed E-state index contributed by atoms with van der Waals surface area (Å²) in [6.07, 6.45) is 3.92. The van der Waals surface area contributed by atoms with Crippen LogP contribution in [0.1, 0.15) is 13.3 Å². The van der Waals surface area contributed by atoms with Crippen LogP contribution in [-0.4, -0.2) is 17.1 Å². The van der Waals surface area contributed by atoms with Crippen LogP contribution in [0.25, 0.3) is 0 Å². The van der Waals surface area contributed by atoms with Crippen LogP contribution < -0.4 is 5.73 Å². The lowest BCUT2D eigenvalue weighted by molar-refractivity contribution is -0.138. The summed E-state index contributed by atoms with van der Waals surface area (Å²) in [6.45, 7) is 1.83. The molecule has 0 saturated carbocycles. The van der Waals surface area contributed by atoms with Gasteiger partial charge in [0.2, 0.25) is 0 Å². The van der Waals surface area contributed by atoms with Crippen molar-refractivity contribution in [2.45, 2.75) is 19.4 Å². The molecular weight excluding hydrogens is 118 g/mol. The van der Waals surface area contributed by atoms with Gasteiger partial charge in [0.1, 0.15) is 6.04 Å². The van der Waals surface area contributed by atoms with E-state index >= 15 is 0 Å². The van der Waals surface area contributed by atoms with Crippen molar-refractivity contribution < 1.29 is 9.90 Å². The third kappa shape index (κ3) is 3.73. The number of nitrogens with two attached hydrogens (primary N) is 1. The normalized spacial score (nSPS) is 14.0. The molecular formula is C6H11NO2. The SMILES string of the molecule is C/C=C/CC(N)C(=O)O. The monoisotopic (exact) mass is 129 g/mol. The van der Waals surface area contributed by atoms with Crippen LogP contribution in [0, 0.1) is 0 Å². The maximum atomic E-state index is 10.0. The highest BCUT2D eigenvalue weighted by Crippen LogP contribution is 1.88. The lowest BCUT2D eigenvalue weighted by atomic mass is 10.2. The molecule has 0 heterocycles. The van der Waals surface area contributed by atoms with E-state index in [-0.39, 0.29) is 0 Å². The van der Waals surface area contributed by atoms with Gasteiger partial charge >= 0.3 is 5.97 Å². The van der Waals surface area contributed by atoms with Crippen LogP contribution in [-0.2, 0) is 4.79 Å². The maximum Gasteiger partial charge on any atom is 0.320 e. The van der Waals surface area contributed by atoms with Gasteiger partial charge in [0.25, 0.3) is 0 Å². The third-order valence-corrected chi connectivity index (χ3v) is 0.943. The largest absolute Gasteiger partial charge is 0.480 e. The zero-order chi connectivity index (χ0) is 7.28. The second-order valence-electron chi connectivity index (χ2n) is 1.75. The van der Waals surface area contributed by atoms with Gasteiger partial charge in [-0.3, -0.25) is 4.79 Å². The molecule has 0 bridgehead atoms. The Morgan fingerprint density at radius 2 is 2.44 bits per heavy atom. The minimum Gasteiger partial charge on any atom is -0.480 e. The summed E-state index contributed by atoms with van der Waals surface area (Å²) in [5.41, 5.74) is 5.15. The number of aliphatic carboxylic acids is 1. The number of rotatable bonds is 3. The summed E-state index contributed by atoms with van der Waals surface area (Å²) in [5, 5.41) is 8.25. The summed E-state index contributed by atoms with van der Waals surface area (Å²) >= 11 is 0. The van der Waals surface area contributed by atoms with Gasteiger partial charge in [-0.2, -0.15) is 0 Å². The molecule has 1 unspecified atom stereocenters. The molecule has 3 nitrogen and oxygen atoms in total. The Bertz CT molecular complexity index is 120. The predicted octanol–water partition coefficient (Wildman–Crippen LogP) is 0.365. The molecule has 0 aliphatic heterocycles. The molecule has 9 heavy (non-hydrogen) atoms. The lowest BCUT2D eigenvalue weighted by Crippen LogP contribution is -2.29. The Labute approximate surface area is 54.2 Å². The van der Waals surface area contributed by atoms with Crippen molar-refractivity contribution in [3.63, 3.8) is 0 Å². The van der Waals surface area contributed by atoms with E-state index in [1.807, 2.05) is 6.92 Å². The molecule has 0 aromatic rings. The molecule has 3 N–H and O–H groups in total. The van der Waals surface area contributed by atoms with Crippen LogP contribution in [0.3, 0.4) is 0 Å². The van der Waals surface area contributed by atoms with E-state index in [0.717, 1.165) is 0 Å². The number of hydrogen-bond donors (Lipinski definition) is 2. The number of carboxylic acids is 1. The Morgan fingerprint density at radius 3 is 2.78 bits per heavy atom. The summed E-state index contributed by atoms with van der Waals surface area (Å²) in [7, 11) is 0. The van der Waals surface area contributed by atoms with E-state index in [4.69, 9.17) is 10.8 Å². The van der Waals surface area contributed by atoms with E-state index in [0.29, 0.717) is 6.42 Å². The van der Waals surface area contributed by atoms with Crippen molar-refractivity contribution in [2.24, 2.45) is 5.73 Å². The molecule has 0 fully saturated rings. The van der Waals surface area contributed by atoms with Gasteiger partial charge in [-0.1, -0.05) is 12.2 Å². The quantitative estimate of drug-likeness (QED) is 0.541. The topological polar surface area (TPSA) is 63.3 Å². The fraction of sp³-hybridized carbons (Fsp3) is 0.500. The van der Waals surface area contributed by atoms with Crippen LogP contribution in [0.5, 0.6) is 0 Å². The van der Waals surface area contributed by atoms with Gasteiger partial charge in [-0.25, -0.2) is 0 Å². The first-order chi connectivity index (χ1) is 4.18. The molecule has 0 saturated heterocycles. The fourth-order valence-electron chi connectivity index (χ4n) is 0.384. The first kappa shape index (κ1) is 8.17. The number of allylic oxidation sites excluding steroid dienone is 1. The average Bonchev–Trinajstić information content (AvgIpc) is 1.82. The van der Waals surface area contributed by atoms with Crippen LogP contribution in [0.4, 0.5) is 0 Å². The van der Waals surface area contributed by atoms with Gasteiger partial charge in [-0.05, 0) is 13.3 Å². The summed E-state index contributed by atoms with van der Waals surface area (Å²) in [4.78, 5) is 10.0. The highest BCUT2D eigenvalue weighted by Gasteiger charge is 2.07. The summed E-state index contributed by atoms with van der Waals surface area (Å²) < 4.78 is 0. The zero-order valence-corrected chi connectivity index (χ0v) is 5.37. The van der Waals surface area contributed by atoms with Crippen molar-refractivity contribution >= 4 is 5.97 Å². The van der Waals surface area contributed by atoms with Gasteiger partial charge in [0, 0.05) is 0 Å². The van der Waals surface area contributed by atoms with Crippen molar-refractivity contribution in [1.82, 2.24) is 0 Å². The lowest BCUT2D eigenvalue weighted by Gasteiger charge is -1.98. The molecule has 0 rings (SSSR count). The molecule has 0 aliphatic carbocycles. The van der Waals surface area contributed by atoms with Crippen LogP contribution in [0.15, 0.2) is 12.2 Å². The zero-order valence-electron chi connectivity index (χ0n) is 5.37. The minimum absolute atomic E-state index is 0.409. The van der Waals surface area contributed by atoms with Gasteiger partial charge in [0.15, 0.2) is 0 Å². The maximum absolute atomic E-state index is 10.0. The van der Waals surface area contributed by atoms with Crippen molar-refractivity contribution in [1.29, 1.82) is 0 Å². The van der Waals surface area contributed by atoms with E-state index in [1.54, 1.807) is 12.2 Å². The Balaban J connectivity index is 3.50. The molecule has 0 amide bonds. The first-order valence-electron chi connectivity index (χ1n) is 2.78. The molecule has 0 aliphatic rings. The van der Waals surface area contributed by atoms with Gasteiger partial charge in [-0.15, -0.1) is 0 Å². The Kier molecular flexibility index (Phi) is 3.71. The molecule has 52 valence electrons. The second kappa shape index (κ2) is 4.09. The number of hydrogen-bond acceptors (Lipinski definition) is 2. The van der Waals surface area contributed by atoms with Crippen LogP contribution >= 0.6 is 0 Å². The third-order valence-electron chi connectivity index (χ3n) is 0.943. The van der Waals surface area contributed by atoms with Gasteiger partial charge in [0.05, 0.1) is 0 Å². The first-order valence-corrected chi connectivity index (χ1v) is 2.78. The van der Waals surface area contributed by atoms with E-state index < -0.39 is 12.0 Å². The summed E-state index contributed by atoms with van der Waals surface area (Å²) in [6, 6.07) is -0.749. The highest BCUT2D eigenvalue weighted by molar-refractivity contribution is 5.73. The predicted molar refractivity (Wildman–Crippen MR) is 35.0 cm³/mol. The molecule has 3 heteroatoms. The fourth-order valence-corrected chi connectivity index (χ4v) is 0.384. The minimum atomic E-state index is -0.951. The second-order valence-corrected chi connectivity index (χ2v) is 1.75. The molecule has 0 radical (unpaired) electrons. The molecule has 0 aromatic carbocycles. The Hall–Kier alpha value is -0.830. The van der Waals surface area contributed by atoms with Crippen molar-refractivity contribution in [3.05, 3.63) is 12.2 Å². The Morgan fingerprint density at radius 1 is 1.89 bits per heavy atom. The van der Waals surface area contributed by atoms with Gasteiger partial charge < -0.3 is 10.8 Å². The van der Waals surface area contributed by atoms with Crippen molar-refractivity contribution in [2.75, 3.05) is 0 Å². The summed E-state index contributed by atoms with van der Waals surface area (Å²) in [5.74, 6) is -0.951. The highest BCUT2D eigenvalue weighted by atomic mass is 16.4.